The largest absolute Gasteiger partial charge is 0.421 e. The lowest BCUT2D eigenvalue weighted by atomic mass is 10.2. The number of aromatic nitrogens is 4. The van der Waals surface area contributed by atoms with Crippen molar-refractivity contribution in [3.05, 3.63) is 93.9 Å². The lowest BCUT2D eigenvalue weighted by molar-refractivity contribution is 0.409. The second kappa shape index (κ2) is 9.20. The van der Waals surface area contributed by atoms with Crippen molar-refractivity contribution in [2.45, 2.75) is 26.8 Å². The molecular formula is C25H24FN5O2. The first kappa shape index (κ1) is 22.1. The molecule has 1 unspecified atom stereocenters. The second-order valence-electron chi connectivity index (χ2n) is 7.85. The Morgan fingerprint density at radius 3 is 2.55 bits per heavy atom. The van der Waals surface area contributed by atoms with E-state index in [1.165, 1.54) is 16.7 Å². The normalized spacial score (nSPS) is 11.8. The number of hydrogen-bond acceptors (Lipinski definition) is 6. The minimum absolute atomic E-state index is 0.0125. The first-order valence-electron chi connectivity index (χ1n) is 10.5. The van der Waals surface area contributed by atoms with E-state index in [1.54, 1.807) is 44.4 Å². The number of ether oxygens (including phenoxy) is 1. The van der Waals surface area contributed by atoms with Crippen LogP contribution in [-0.2, 0) is 7.05 Å². The van der Waals surface area contributed by atoms with E-state index >= 15 is 0 Å². The molecule has 1 atom stereocenters. The van der Waals surface area contributed by atoms with Crippen molar-refractivity contribution in [2.75, 3.05) is 5.32 Å². The van der Waals surface area contributed by atoms with E-state index in [2.05, 4.69) is 20.3 Å². The molecule has 0 saturated heterocycles. The minimum Gasteiger partial charge on any atom is -0.421 e. The van der Waals surface area contributed by atoms with Crippen molar-refractivity contribution in [1.82, 2.24) is 19.5 Å². The molecule has 3 aromatic heterocycles. The van der Waals surface area contributed by atoms with E-state index < -0.39 is 5.82 Å². The third kappa shape index (κ3) is 5.06. The quantitative estimate of drug-likeness (QED) is 0.452. The van der Waals surface area contributed by atoms with Crippen molar-refractivity contribution in [3.63, 3.8) is 0 Å². The van der Waals surface area contributed by atoms with E-state index in [4.69, 9.17) is 4.74 Å². The number of halogens is 1. The van der Waals surface area contributed by atoms with Gasteiger partial charge in [0, 0.05) is 36.6 Å². The molecular weight excluding hydrogens is 421 g/mol. The smallest absolute Gasteiger partial charge is 0.324 e. The van der Waals surface area contributed by atoms with Gasteiger partial charge < -0.3 is 14.6 Å². The lowest BCUT2D eigenvalue weighted by Gasteiger charge is -2.16. The summed E-state index contributed by atoms with van der Waals surface area (Å²) in [4.78, 5) is 25.3. The summed E-state index contributed by atoms with van der Waals surface area (Å²) in [5.74, 6) is 0.0426. The van der Waals surface area contributed by atoms with Crippen LogP contribution in [0.2, 0.25) is 0 Å². The number of anilines is 1. The summed E-state index contributed by atoms with van der Waals surface area (Å²) >= 11 is 0. The van der Waals surface area contributed by atoms with Gasteiger partial charge in [-0.05, 0) is 50.6 Å². The summed E-state index contributed by atoms with van der Waals surface area (Å²) in [6.07, 6.45) is 1.68. The van der Waals surface area contributed by atoms with Crippen LogP contribution in [0, 0.1) is 19.7 Å². The Morgan fingerprint density at radius 1 is 1.03 bits per heavy atom. The molecule has 0 spiro atoms. The number of pyridine rings is 2. The van der Waals surface area contributed by atoms with Gasteiger partial charge in [-0.1, -0.05) is 18.2 Å². The molecule has 4 rings (SSSR count). The first-order chi connectivity index (χ1) is 15.8. The Morgan fingerprint density at radius 2 is 1.82 bits per heavy atom. The van der Waals surface area contributed by atoms with E-state index in [-0.39, 0.29) is 23.4 Å². The standard InChI is InChI=1S/C25H24FN5O2/c1-15-7-5-9-19(26)24(15)33-25-29-21(18-11-12-23(32)31(4)14-18)13-22(30-25)28-17(3)20-10-6-8-16(2)27-20/h5-14,17H,1-4H3,(H,28,29,30). The predicted molar refractivity (Wildman–Crippen MR) is 125 cm³/mol. The van der Waals surface area contributed by atoms with E-state index in [0.717, 1.165) is 11.4 Å². The van der Waals surface area contributed by atoms with Crippen LogP contribution < -0.4 is 15.6 Å². The highest BCUT2D eigenvalue weighted by atomic mass is 19.1. The van der Waals surface area contributed by atoms with E-state index in [1.807, 2.05) is 32.0 Å². The summed E-state index contributed by atoms with van der Waals surface area (Å²) in [7, 11) is 1.66. The Hall–Kier alpha value is -4.07. The molecule has 0 bridgehead atoms. The SMILES string of the molecule is Cc1cccc(C(C)Nc2cc(-c3ccc(=O)n(C)c3)nc(Oc3c(C)cccc3F)n2)n1. The summed E-state index contributed by atoms with van der Waals surface area (Å²) in [5, 5.41) is 3.32. The number of nitrogens with zero attached hydrogens (tertiary/aromatic N) is 4. The second-order valence-corrected chi connectivity index (χ2v) is 7.85. The molecule has 1 N–H and O–H groups in total. The predicted octanol–water partition coefficient (Wildman–Crippen LogP) is 4.96. The molecule has 0 saturated carbocycles. The monoisotopic (exact) mass is 445 g/mol. The number of nitrogens with one attached hydrogen (secondary N) is 1. The molecule has 0 amide bonds. The van der Waals surface area contributed by atoms with Crippen LogP contribution in [0.5, 0.6) is 11.8 Å². The Labute approximate surface area is 191 Å². The summed E-state index contributed by atoms with van der Waals surface area (Å²) in [5.41, 5.74) is 3.47. The maximum Gasteiger partial charge on any atom is 0.324 e. The van der Waals surface area contributed by atoms with Gasteiger partial charge in [-0.2, -0.15) is 9.97 Å². The highest BCUT2D eigenvalue weighted by molar-refractivity contribution is 5.62. The lowest BCUT2D eigenvalue weighted by Crippen LogP contribution is -2.14. The van der Waals surface area contributed by atoms with Crippen LogP contribution in [0.25, 0.3) is 11.3 Å². The fourth-order valence-corrected chi connectivity index (χ4v) is 3.38. The van der Waals surface area contributed by atoms with Gasteiger partial charge >= 0.3 is 6.01 Å². The van der Waals surface area contributed by atoms with Crippen molar-refractivity contribution in [3.8, 4) is 23.0 Å². The molecule has 168 valence electrons. The average Bonchev–Trinajstić information content (AvgIpc) is 2.78. The molecule has 3 heterocycles. The zero-order valence-electron chi connectivity index (χ0n) is 18.8. The van der Waals surface area contributed by atoms with Crippen LogP contribution in [0.1, 0.15) is 29.9 Å². The van der Waals surface area contributed by atoms with Gasteiger partial charge in [0.1, 0.15) is 5.82 Å². The summed E-state index contributed by atoms with van der Waals surface area (Å²) in [6, 6.07) is 15.2. The molecule has 0 aliphatic heterocycles. The molecule has 0 radical (unpaired) electrons. The third-order valence-corrected chi connectivity index (χ3v) is 5.16. The van der Waals surface area contributed by atoms with Gasteiger partial charge in [-0.15, -0.1) is 0 Å². The Bertz CT molecular complexity index is 1350. The molecule has 8 heteroatoms. The van der Waals surface area contributed by atoms with Crippen molar-refractivity contribution >= 4 is 5.82 Å². The van der Waals surface area contributed by atoms with Gasteiger partial charge in [0.2, 0.25) is 5.56 Å². The number of rotatable bonds is 6. The van der Waals surface area contributed by atoms with Crippen LogP contribution >= 0.6 is 0 Å². The average molecular weight is 445 g/mol. The van der Waals surface area contributed by atoms with Crippen molar-refractivity contribution in [2.24, 2.45) is 7.05 Å². The fraction of sp³-hybridized carbons (Fsp3) is 0.200. The summed E-state index contributed by atoms with van der Waals surface area (Å²) < 4.78 is 21.6. The topological polar surface area (TPSA) is 81.9 Å². The Balaban J connectivity index is 1.75. The number of benzene rings is 1. The maximum absolute atomic E-state index is 14.4. The molecule has 1 aromatic carbocycles. The van der Waals surface area contributed by atoms with Crippen LogP contribution in [0.15, 0.2) is 65.6 Å². The first-order valence-corrected chi connectivity index (χ1v) is 10.5. The highest BCUT2D eigenvalue weighted by Crippen LogP contribution is 2.29. The van der Waals surface area contributed by atoms with Crippen molar-refractivity contribution in [1.29, 1.82) is 0 Å². The van der Waals surface area contributed by atoms with E-state index in [0.29, 0.717) is 22.6 Å². The third-order valence-electron chi connectivity index (χ3n) is 5.16. The fourth-order valence-electron chi connectivity index (χ4n) is 3.38. The van der Waals surface area contributed by atoms with Crippen LogP contribution in [0.4, 0.5) is 10.2 Å². The van der Waals surface area contributed by atoms with Crippen LogP contribution in [0.3, 0.4) is 0 Å². The molecule has 7 nitrogen and oxygen atoms in total. The number of hydrogen-bond donors (Lipinski definition) is 1. The number of aryl methyl sites for hydroxylation is 3. The molecule has 4 aromatic rings. The van der Waals surface area contributed by atoms with Crippen LogP contribution in [-0.4, -0.2) is 19.5 Å². The maximum atomic E-state index is 14.4. The highest BCUT2D eigenvalue weighted by Gasteiger charge is 2.15. The van der Waals surface area contributed by atoms with Gasteiger partial charge in [0.25, 0.3) is 0 Å². The van der Waals surface area contributed by atoms with Gasteiger partial charge in [-0.3, -0.25) is 9.78 Å². The van der Waals surface area contributed by atoms with Gasteiger partial charge in [0.05, 0.1) is 17.4 Å². The zero-order valence-corrected chi connectivity index (χ0v) is 18.8. The summed E-state index contributed by atoms with van der Waals surface area (Å²) in [6.45, 7) is 5.65. The van der Waals surface area contributed by atoms with Gasteiger partial charge in [0.15, 0.2) is 11.6 Å². The molecule has 0 aliphatic rings. The molecule has 0 aliphatic carbocycles. The molecule has 33 heavy (non-hydrogen) atoms. The minimum atomic E-state index is -0.502. The molecule has 0 fully saturated rings. The zero-order chi connectivity index (χ0) is 23.5. The number of para-hydroxylation sites is 1. The van der Waals surface area contributed by atoms with Crippen molar-refractivity contribution < 1.29 is 9.13 Å². The Kier molecular flexibility index (Phi) is 6.17. The van der Waals surface area contributed by atoms with E-state index in [9.17, 15) is 9.18 Å². The van der Waals surface area contributed by atoms with Gasteiger partial charge in [-0.25, -0.2) is 4.39 Å².